The molecule has 4 aliphatic carbocycles. The van der Waals surface area contributed by atoms with Crippen LogP contribution in [0.2, 0.25) is 0 Å². The Hall–Kier alpha value is -5.02. The van der Waals surface area contributed by atoms with Gasteiger partial charge in [-0.2, -0.15) is 0 Å². The highest BCUT2D eigenvalue weighted by Gasteiger charge is 2.51. The predicted molar refractivity (Wildman–Crippen MR) is 303 cm³/mol. The zero-order valence-corrected chi connectivity index (χ0v) is 45.7. The molecule has 0 saturated heterocycles. The van der Waals surface area contributed by atoms with E-state index in [2.05, 4.69) is 218 Å². The number of rotatable bonds is 2. The number of anilines is 6. The molecule has 2 nitrogen and oxygen atoms in total. The van der Waals surface area contributed by atoms with Crippen molar-refractivity contribution in [2.75, 3.05) is 9.80 Å². The minimum Gasteiger partial charge on any atom is -0.311 e. The molecule has 6 aromatic carbocycles. The average molecular weight is 926 g/mol. The topological polar surface area (TPSA) is 6.48 Å². The molecule has 12 rings (SSSR count). The van der Waals surface area contributed by atoms with Crippen LogP contribution in [0, 0.1) is 6.85 Å². The van der Waals surface area contributed by atoms with Gasteiger partial charge >= 0.3 is 0 Å². The highest BCUT2D eigenvalue weighted by atomic mass is 15.2. The summed E-state index contributed by atoms with van der Waals surface area (Å²) in [6.07, 6.45) is 5.52. The van der Waals surface area contributed by atoms with Gasteiger partial charge in [0, 0.05) is 43.5 Å². The quantitative estimate of drug-likeness (QED) is 0.159. The summed E-state index contributed by atoms with van der Waals surface area (Å²) >= 11 is 0. The molecule has 0 atom stereocenters. The largest absolute Gasteiger partial charge is 0.311 e. The van der Waals surface area contributed by atoms with E-state index in [0.29, 0.717) is 5.56 Å². The SMILES string of the molecule is [2H]C([2H])([2H])c1cc2c3c(c1)N(c1ccc(C(C)(C)C)c4c1-c1ccccc1C4(C)C)c1cc4c(cc1B3c1cc3c(cc1N2c1ccc2c(c1)C(C)(C)CCC2(C)C)C(C)(C)CCC3(C)C)C(C)(C)CC4(C)C. The molecule has 6 aliphatic rings. The second-order valence-corrected chi connectivity index (χ2v) is 28.5. The summed E-state index contributed by atoms with van der Waals surface area (Å²) in [6.45, 7) is 38.5. The van der Waals surface area contributed by atoms with Gasteiger partial charge in [-0.1, -0.05) is 166 Å². The summed E-state index contributed by atoms with van der Waals surface area (Å²) in [6, 6.07) is 35.7. The molecule has 0 spiro atoms. The summed E-state index contributed by atoms with van der Waals surface area (Å²) in [5.41, 5.74) is 25.2. The Kier molecular flexibility index (Phi) is 8.49. The standard InChI is InChI=1S/C67H79BN2/c1-39-31-55-59-56(32-39)70(52-26-25-44(60(2,3)4)58-57(52)41-21-19-20-22-42(41)67(58,17)18)54-37-49-47(65(13,14)38-66(49,15)16)35-51(54)68(59)50-34-46-48(64(11,12)30-29-63(46,9)10)36-53(50)69(55)40-23-24-43-45(33-40)62(7,8)28-27-61(43,5)6/h19-26,31-37H,27-30,38H2,1-18H3/i1D3. The number of aryl methyl sites for hydroxylation is 1. The Morgan fingerprint density at radius 1 is 0.471 bits per heavy atom. The number of fused-ring (bicyclic) bond motifs is 10. The molecule has 2 aliphatic heterocycles. The normalized spacial score (nSPS) is 22.2. The van der Waals surface area contributed by atoms with Crippen LogP contribution >= 0.6 is 0 Å². The first-order valence-corrected chi connectivity index (χ1v) is 26.8. The Morgan fingerprint density at radius 2 is 0.971 bits per heavy atom. The first-order chi connectivity index (χ1) is 33.7. The van der Waals surface area contributed by atoms with Gasteiger partial charge in [0.25, 0.3) is 6.71 Å². The molecule has 0 bridgehead atoms. The molecule has 3 heteroatoms. The van der Waals surface area contributed by atoms with Crippen molar-refractivity contribution in [1.29, 1.82) is 0 Å². The Bertz CT molecular complexity index is 3400. The molecule has 0 amide bonds. The van der Waals surface area contributed by atoms with E-state index >= 15 is 0 Å². The average Bonchev–Trinajstić information content (AvgIpc) is 3.64. The van der Waals surface area contributed by atoms with Gasteiger partial charge < -0.3 is 9.80 Å². The number of nitrogens with zero attached hydrogens (tertiary/aromatic N) is 2. The van der Waals surface area contributed by atoms with Gasteiger partial charge in [-0.25, -0.2) is 0 Å². The molecule has 0 aromatic heterocycles. The van der Waals surface area contributed by atoms with Crippen molar-refractivity contribution >= 4 is 57.2 Å². The van der Waals surface area contributed by atoms with Gasteiger partial charge in [0.15, 0.2) is 0 Å². The van der Waals surface area contributed by atoms with Crippen LogP contribution < -0.4 is 26.2 Å². The van der Waals surface area contributed by atoms with Crippen molar-refractivity contribution < 1.29 is 4.11 Å². The molecule has 0 saturated carbocycles. The van der Waals surface area contributed by atoms with Gasteiger partial charge in [0.05, 0.1) is 5.69 Å². The minimum atomic E-state index is -2.38. The summed E-state index contributed by atoms with van der Waals surface area (Å²) in [7, 11) is 0. The number of hydrogen-bond acceptors (Lipinski definition) is 2. The van der Waals surface area contributed by atoms with Gasteiger partial charge in [-0.15, -0.1) is 0 Å². The molecule has 2 heterocycles. The lowest BCUT2D eigenvalue weighted by Gasteiger charge is -2.48. The zero-order valence-electron chi connectivity index (χ0n) is 48.7. The van der Waals surface area contributed by atoms with E-state index in [1.807, 2.05) is 0 Å². The van der Waals surface area contributed by atoms with Crippen molar-refractivity contribution in [2.45, 2.75) is 200 Å². The summed E-state index contributed by atoms with van der Waals surface area (Å²) in [4.78, 5) is 5.07. The number of hydrogen-bond donors (Lipinski definition) is 0. The van der Waals surface area contributed by atoms with Crippen LogP contribution in [-0.2, 0) is 43.3 Å². The molecule has 70 heavy (non-hydrogen) atoms. The second-order valence-electron chi connectivity index (χ2n) is 28.5. The fourth-order valence-electron chi connectivity index (χ4n) is 15.5. The van der Waals surface area contributed by atoms with E-state index in [9.17, 15) is 4.11 Å². The number of benzene rings is 6. The highest BCUT2D eigenvalue weighted by Crippen LogP contribution is 2.60. The van der Waals surface area contributed by atoms with Crippen molar-refractivity contribution in [1.82, 2.24) is 0 Å². The van der Waals surface area contributed by atoms with Gasteiger partial charge in [0.2, 0.25) is 0 Å². The van der Waals surface area contributed by atoms with Crippen LogP contribution in [0.15, 0.2) is 91.0 Å². The van der Waals surface area contributed by atoms with E-state index < -0.39 is 6.85 Å². The van der Waals surface area contributed by atoms with E-state index in [4.69, 9.17) is 0 Å². The zero-order chi connectivity index (χ0) is 52.5. The molecule has 0 fully saturated rings. The van der Waals surface area contributed by atoms with E-state index in [-0.39, 0.29) is 50.0 Å². The minimum absolute atomic E-state index is 0.0236. The fourth-order valence-corrected chi connectivity index (χ4v) is 15.5. The fraction of sp³-hybridized carbons (Fsp3) is 0.463. The maximum atomic E-state index is 9.36. The molecule has 0 N–H and O–H groups in total. The van der Waals surface area contributed by atoms with Crippen LogP contribution in [0.25, 0.3) is 11.1 Å². The van der Waals surface area contributed by atoms with Gasteiger partial charge in [-0.05, 0) is 197 Å². The summed E-state index contributed by atoms with van der Waals surface area (Å²) in [5, 5.41) is 0. The lowest BCUT2D eigenvalue weighted by molar-refractivity contribution is 0.332. The van der Waals surface area contributed by atoms with Crippen molar-refractivity contribution in [3.63, 3.8) is 0 Å². The van der Waals surface area contributed by atoms with Crippen LogP contribution in [-0.4, -0.2) is 6.71 Å². The van der Waals surface area contributed by atoms with Gasteiger partial charge in [-0.3, -0.25) is 0 Å². The van der Waals surface area contributed by atoms with Crippen LogP contribution in [0.4, 0.5) is 34.1 Å². The van der Waals surface area contributed by atoms with Crippen LogP contribution in [0.1, 0.15) is 210 Å². The second kappa shape index (κ2) is 13.9. The lowest BCUT2D eigenvalue weighted by Crippen LogP contribution is -2.62. The molecule has 6 aromatic rings. The first-order valence-electron chi connectivity index (χ1n) is 28.3. The third-order valence-corrected chi connectivity index (χ3v) is 19.3. The highest BCUT2D eigenvalue weighted by molar-refractivity contribution is 7.00. The third-order valence-electron chi connectivity index (χ3n) is 19.3. The maximum Gasteiger partial charge on any atom is 0.252 e. The monoisotopic (exact) mass is 926 g/mol. The van der Waals surface area contributed by atoms with Crippen molar-refractivity contribution in [3.05, 3.63) is 147 Å². The maximum absolute atomic E-state index is 9.36. The van der Waals surface area contributed by atoms with Crippen molar-refractivity contribution in [2.24, 2.45) is 0 Å². The Morgan fingerprint density at radius 3 is 1.56 bits per heavy atom. The van der Waals surface area contributed by atoms with Crippen LogP contribution in [0.5, 0.6) is 0 Å². The smallest absolute Gasteiger partial charge is 0.252 e. The first kappa shape index (κ1) is 42.6. The lowest BCUT2D eigenvalue weighted by atomic mass is 9.32. The predicted octanol–water partition coefficient (Wildman–Crippen LogP) is 16.3. The molecular weight excluding hydrogens is 844 g/mol. The van der Waals surface area contributed by atoms with Crippen molar-refractivity contribution in [3.8, 4) is 11.1 Å². The molecule has 0 unspecified atom stereocenters. The van der Waals surface area contributed by atoms with E-state index in [0.717, 1.165) is 60.5 Å². The Labute approximate surface area is 427 Å². The summed E-state index contributed by atoms with van der Waals surface area (Å²) in [5.74, 6) is 0. The molecular formula is C67H79BN2. The van der Waals surface area contributed by atoms with E-state index in [1.54, 1.807) is 0 Å². The Balaban J connectivity index is 1.27. The van der Waals surface area contributed by atoms with Crippen LogP contribution in [0.3, 0.4) is 0 Å². The van der Waals surface area contributed by atoms with Gasteiger partial charge in [0.1, 0.15) is 0 Å². The van der Waals surface area contributed by atoms with E-state index in [1.165, 1.54) is 83.3 Å². The summed E-state index contributed by atoms with van der Waals surface area (Å²) < 4.78 is 28.1. The molecule has 0 radical (unpaired) electrons. The third kappa shape index (κ3) is 6.17. The molecule has 360 valence electrons.